The SMILES string of the molecule is COc1ccc(C(=O)Cn2cnc3ccccc32)cc1F. The fourth-order valence-electron chi connectivity index (χ4n) is 2.22. The Kier molecular flexibility index (Phi) is 3.39. The number of nitrogens with zero attached hydrogens (tertiary/aromatic N) is 2. The number of carbonyl (C=O) groups excluding carboxylic acids is 1. The lowest BCUT2D eigenvalue weighted by atomic mass is 10.1. The third kappa shape index (κ3) is 2.50. The number of Topliss-reactive ketones (excluding diaryl/α,β-unsaturated/α-hetero) is 1. The van der Waals surface area contributed by atoms with Crippen LogP contribution in [0.25, 0.3) is 11.0 Å². The second kappa shape index (κ2) is 5.36. The Labute approximate surface area is 120 Å². The van der Waals surface area contributed by atoms with Crippen LogP contribution in [0.4, 0.5) is 4.39 Å². The number of carbonyl (C=O) groups is 1. The summed E-state index contributed by atoms with van der Waals surface area (Å²) in [6.45, 7) is 0.117. The number of hydrogen-bond acceptors (Lipinski definition) is 3. The summed E-state index contributed by atoms with van der Waals surface area (Å²) >= 11 is 0. The maximum Gasteiger partial charge on any atom is 0.182 e. The van der Waals surface area contributed by atoms with Crippen molar-refractivity contribution in [2.75, 3.05) is 7.11 Å². The summed E-state index contributed by atoms with van der Waals surface area (Å²) in [5.74, 6) is -0.599. The zero-order valence-electron chi connectivity index (χ0n) is 11.4. The smallest absolute Gasteiger partial charge is 0.182 e. The normalized spacial score (nSPS) is 10.8. The highest BCUT2D eigenvalue weighted by atomic mass is 19.1. The molecule has 0 amide bonds. The zero-order chi connectivity index (χ0) is 14.8. The van der Waals surface area contributed by atoms with Gasteiger partial charge in [0.15, 0.2) is 17.3 Å². The minimum absolute atomic E-state index is 0.117. The molecule has 0 unspecified atom stereocenters. The van der Waals surface area contributed by atoms with E-state index in [0.29, 0.717) is 5.56 Å². The molecule has 0 bridgehead atoms. The van der Waals surface area contributed by atoms with Gasteiger partial charge < -0.3 is 9.30 Å². The van der Waals surface area contributed by atoms with Crippen molar-refractivity contribution in [2.24, 2.45) is 0 Å². The van der Waals surface area contributed by atoms with Crippen molar-refractivity contribution in [2.45, 2.75) is 6.54 Å². The number of aromatic nitrogens is 2. The van der Waals surface area contributed by atoms with Crippen LogP contribution in [-0.2, 0) is 6.54 Å². The molecule has 2 aromatic carbocycles. The Balaban J connectivity index is 1.88. The lowest BCUT2D eigenvalue weighted by molar-refractivity contribution is 0.0973. The molecule has 0 spiro atoms. The number of methoxy groups -OCH3 is 1. The van der Waals surface area contributed by atoms with Gasteiger partial charge in [-0.3, -0.25) is 4.79 Å². The molecule has 1 heterocycles. The van der Waals surface area contributed by atoms with Gasteiger partial charge in [0.25, 0.3) is 0 Å². The predicted molar refractivity (Wildman–Crippen MR) is 77.0 cm³/mol. The molecule has 5 heteroatoms. The summed E-state index contributed by atoms with van der Waals surface area (Å²) in [4.78, 5) is 16.5. The maximum atomic E-state index is 13.6. The van der Waals surface area contributed by atoms with Gasteiger partial charge in [0.1, 0.15) is 0 Å². The van der Waals surface area contributed by atoms with Crippen molar-refractivity contribution in [3.8, 4) is 5.75 Å². The number of ketones is 1. The van der Waals surface area contributed by atoms with Gasteiger partial charge >= 0.3 is 0 Å². The molecule has 0 aliphatic rings. The molecule has 106 valence electrons. The molecule has 3 aromatic rings. The topological polar surface area (TPSA) is 44.1 Å². The van der Waals surface area contributed by atoms with Crippen molar-refractivity contribution in [1.82, 2.24) is 9.55 Å². The summed E-state index contributed by atoms with van der Waals surface area (Å²) in [5.41, 5.74) is 2.01. The van der Waals surface area contributed by atoms with Crippen LogP contribution < -0.4 is 4.74 Å². The summed E-state index contributed by atoms with van der Waals surface area (Å²) in [7, 11) is 1.39. The molecule has 4 nitrogen and oxygen atoms in total. The molecule has 0 radical (unpaired) electrons. The quantitative estimate of drug-likeness (QED) is 0.692. The molecule has 0 saturated heterocycles. The second-order valence-electron chi connectivity index (χ2n) is 4.63. The third-order valence-electron chi connectivity index (χ3n) is 3.32. The van der Waals surface area contributed by atoms with Gasteiger partial charge in [-0.2, -0.15) is 0 Å². The largest absolute Gasteiger partial charge is 0.494 e. The molecule has 0 aliphatic heterocycles. The number of hydrogen-bond donors (Lipinski definition) is 0. The summed E-state index contributed by atoms with van der Waals surface area (Å²) in [6, 6.07) is 11.8. The van der Waals surface area contributed by atoms with E-state index >= 15 is 0 Å². The van der Waals surface area contributed by atoms with Crippen molar-refractivity contribution >= 4 is 16.8 Å². The average Bonchev–Trinajstić information content (AvgIpc) is 2.90. The van der Waals surface area contributed by atoms with Crippen LogP contribution in [-0.4, -0.2) is 22.4 Å². The Hall–Kier alpha value is -2.69. The van der Waals surface area contributed by atoms with Gasteiger partial charge in [-0.25, -0.2) is 9.37 Å². The van der Waals surface area contributed by atoms with Crippen LogP contribution >= 0.6 is 0 Å². The van der Waals surface area contributed by atoms with E-state index in [2.05, 4.69) is 4.98 Å². The van der Waals surface area contributed by atoms with Gasteiger partial charge in [0, 0.05) is 5.56 Å². The van der Waals surface area contributed by atoms with Crippen LogP contribution in [0.2, 0.25) is 0 Å². The van der Waals surface area contributed by atoms with Gasteiger partial charge in [0.2, 0.25) is 0 Å². The molecular formula is C16H13FN2O2. The molecule has 0 N–H and O–H groups in total. The van der Waals surface area contributed by atoms with E-state index in [-0.39, 0.29) is 18.1 Å². The first-order chi connectivity index (χ1) is 10.2. The number of ether oxygens (including phenoxy) is 1. The molecule has 0 aliphatic carbocycles. The Morgan fingerprint density at radius 1 is 1.29 bits per heavy atom. The number of para-hydroxylation sites is 2. The summed E-state index contributed by atoms with van der Waals surface area (Å²) in [5, 5.41) is 0. The first-order valence-electron chi connectivity index (χ1n) is 6.45. The molecule has 21 heavy (non-hydrogen) atoms. The van der Waals surface area contributed by atoms with Crippen molar-refractivity contribution in [1.29, 1.82) is 0 Å². The molecule has 0 saturated carbocycles. The van der Waals surface area contributed by atoms with E-state index in [9.17, 15) is 9.18 Å². The van der Waals surface area contributed by atoms with E-state index in [0.717, 1.165) is 11.0 Å². The zero-order valence-corrected chi connectivity index (χ0v) is 11.4. The van der Waals surface area contributed by atoms with Crippen molar-refractivity contribution in [3.63, 3.8) is 0 Å². The van der Waals surface area contributed by atoms with Crippen molar-refractivity contribution < 1.29 is 13.9 Å². The first-order valence-corrected chi connectivity index (χ1v) is 6.45. The monoisotopic (exact) mass is 284 g/mol. The van der Waals surface area contributed by atoms with E-state index in [1.54, 1.807) is 17.0 Å². The van der Waals surface area contributed by atoms with E-state index < -0.39 is 5.82 Å². The molecule has 0 atom stereocenters. The Bertz CT molecular complexity index is 811. The fraction of sp³-hybridized carbons (Fsp3) is 0.125. The number of benzene rings is 2. The van der Waals surface area contributed by atoms with Crippen LogP contribution in [0, 0.1) is 5.82 Å². The van der Waals surface area contributed by atoms with Gasteiger partial charge in [-0.05, 0) is 30.3 Å². The number of fused-ring (bicyclic) bond motifs is 1. The molecule has 3 rings (SSSR count). The maximum absolute atomic E-state index is 13.6. The fourth-order valence-corrected chi connectivity index (χ4v) is 2.22. The van der Waals surface area contributed by atoms with Crippen LogP contribution in [0.1, 0.15) is 10.4 Å². The van der Waals surface area contributed by atoms with Gasteiger partial charge in [-0.15, -0.1) is 0 Å². The standard InChI is InChI=1S/C16H13FN2O2/c1-21-16-7-6-11(8-12(16)17)15(20)9-19-10-18-13-4-2-3-5-14(13)19/h2-8,10H,9H2,1H3. The van der Waals surface area contributed by atoms with E-state index in [1.165, 1.54) is 19.2 Å². The van der Waals surface area contributed by atoms with Gasteiger partial charge in [-0.1, -0.05) is 12.1 Å². The molecule has 0 fully saturated rings. The minimum atomic E-state index is -0.543. The average molecular weight is 284 g/mol. The first kappa shape index (κ1) is 13.3. The third-order valence-corrected chi connectivity index (χ3v) is 3.32. The van der Waals surface area contributed by atoms with Crippen LogP contribution in [0.5, 0.6) is 5.75 Å². The molecule has 1 aromatic heterocycles. The lowest BCUT2D eigenvalue weighted by Gasteiger charge is -2.06. The highest BCUT2D eigenvalue weighted by Gasteiger charge is 2.12. The van der Waals surface area contributed by atoms with E-state index in [1.807, 2.05) is 24.3 Å². The van der Waals surface area contributed by atoms with Crippen LogP contribution in [0.15, 0.2) is 48.8 Å². The summed E-state index contributed by atoms with van der Waals surface area (Å²) < 4.78 is 20.2. The number of halogens is 1. The number of rotatable bonds is 4. The molecular weight excluding hydrogens is 271 g/mol. The second-order valence-corrected chi connectivity index (χ2v) is 4.63. The van der Waals surface area contributed by atoms with Crippen molar-refractivity contribution in [3.05, 3.63) is 60.2 Å². The lowest BCUT2D eigenvalue weighted by Crippen LogP contribution is -2.10. The van der Waals surface area contributed by atoms with E-state index in [4.69, 9.17) is 4.74 Å². The Morgan fingerprint density at radius 3 is 2.86 bits per heavy atom. The predicted octanol–water partition coefficient (Wildman–Crippen LogP) is 3.07. The minimum Gasteiger partial charge on any atom is -0.494 e. The highest BCUT2D eigenvalue weighted by Crippen LogP contribution is 2.19. The Morgan fingerprint density at radius 2 is 2.10 bits per heavy atom. The number of imidazole rings is 1. The highest BCUT2D eigenvalue weighted by molar-refractivity contribution is 5.96. The van der Waals surface area contributed by atoms with Crippen LogP contribution in [0.3, 0.4) is 0 Å². The van der Waals surface area contributed by atoms with Gasteiger partial charge in [0.05, 0.1) is 31.0 Å². The summed E-state index contributed by atoms with van der Waals surface area (Å²) in [6.07, 6.45) is 1.61.